The zero-order valence-corrected chi connectivity index (χ0v) is 13.6. The summed E-state index contributed by atoms with van der Waals surface area (Å²) < 4.78 is 22.7. The van der Waals surface area contributed by atoms with Crippen LogP contribution < -0.4 is 0 Å². The van der Waals surface area contributed by atoms with Crippen molar-refractivity contribution in [3.05, 3.63) is 0 Å². The van der Waals surface area contributed by atoms with Crippen molar-refractivity contribution >= 4 is 33.5 Å². The van der Waals surface area contributed by atoms with E-state index in [1.807, 2.05) is 0 Å². The monoisotopic (exact) mass is 323 g/mol. The molecule has 0 spiro atoms. The minimum atomic E-state index is -2.95. The number of sulfone groups is 1. The number of carboxylic acid groups (broad SMARTS) is 1. The lowest BCUT2D eigenvalue weighted by Crippen LogP contribution is -2.49. The van der Waals surface area contributed by atoms with Crippen LogP contribution in [-0.4, -0.2) is 64.9 Å². The summed E-state index contributed by atoms with van der Waals surface area (Å²) in [5.41, 5.74) is -0.572. The molecule has 0 aliphatic carbocycles. The molecule has 1 unspecified atom stereocenters. The highest BCUT2D eigenvalue weighted by Crippen LogP contribution is 2.25. The van der Waals surface area contributed by atoms with E-state index in [2.05, 4.69) is 0 Å². The largest absolute Gasteiger partial charge is 0.480 e. The molecule has 0 aromatic rings. The summed E-state index contributed by atoms with van der Waals surface area (Å²) in [5.74, 6) is -0.919. The SMILES string of the molecule is CC(C)(C)N(CC(=O)O)C(=O)CSC1CCS(=O)(=O)C1. The lowest BCUT2D eigenvalue weighted by molar-refractivity contribution is -0.146. The van der Waals surface area contributed by atoms with Crippen molar-refractivity contribution in [2.24, 2.45) is 0 Å². The molecule has 1 fully saturated rings. The first kappa shape index (κ1) is 17.3. The molecule has 0 aromatic heterocycles. The summed E-state index contributed by atoms with van der Waals surface area (Å²) in [6.45, 7) is 4.99. The Morgan fingerprint density at radius 3 is 2.35 bits per heavy atom. The van der Waals surface area contributed by atoms with E-state index in [0.717, 1.165) is 0 Å². The van der Waals surface area contributed by atoms with Gasteiger partial charge in [0.05, 0.1) is 17.3 Å². The van der Waals surface area contributed by atoms with Gasteiger partial charge in [-0.15, -0.1) is 11.8 Å². The molecule has 1 aliphatic heterocycles. The average molecular weight is 323 g/mol. The summed E-state index contributed by atoms with van der Waals surface area (Å²) in [5, 5.41) is 8.80. The molecule has 0 radical (unpaired) electrons. The summed E-state index contributed by atoms with van der Waals surface area (Å²) >= 11 is 1.30. The van der Waals surface area contributed by atoms with Crippen LogP contribution in [0.4, 0.5) is 0 Å². The number of aliphatic carboxylic acids is 1. The number of hydrogen-bond acceptors (Lipinski definition) is 5. The maximum atomic E-state index is 12.1. The van der Waals surface area contributed by atoms with Gasteiger partial charge < -0.3 is 10.0 Å². The predicted octanol–water partition coefficient (Wildman–Crippen LogP) is 0.618. The zero-order chi connectivity index (χ0) is 15.6. The van der Waals surface area contributed by atoms with Crippen LogP contribution >= 0.6 is 11.8 Å². The first-order valence-electron chi connectivity index (χ1n) is 6.35. The van der Waals surface area contributed by atoms with E-state index in [4.69, 9.17) is 5.11 Å². The van der Waals surface area contributed by atoms with Gasteiger partial charge >= 0.3 is 5.97 Å². The molecule has 1 heterocycles. The Balaban J connectivity index is 2.57. The fraction of sp³-hybridized carbons (Fsp3) is 0.833. The maximum Gasteiger partial charge on any atom is 0.323 e. The Bertz CT molecular complexity index is 481. The summed E-state index contributed by atoms with van der Waals surface area (Å²) in [7, 11) is -2.95. The van der Waals surface area contributed by atoms with E-state index in [1.165, 1.54) is 16.7 Å². The van der Waals surface area contributed by atoms with E-state index >= 15 is 0 Å². The Kier molecular flexibility index (Phi) is 5.48. The van der Waals surface area contributed by atoms with Gasteiger partial charge in [-0.2, -0.15) is 0 Å². The Labute approximate surface area is 123 Å². The van der Waals surface area contributed by atoms with Crippen LogP contribution in [0.2, 0.25) is 0 Å². The molecule has 1 N–H and O–H groups in total. The number of hydrogen-bond donors (Lipinski definition) is 1. The van der Waals surface area contributed by atoms with Crippen LogP contribution in [0.25, 0.3) is 0 Å². The first-order valence-corrected chi connectivity index (χ1v) is 9.22. The van der Waals surface area contributed by atoms with Crippen LogP contribution in [-0.2, 0) is 19.4 Å². The lowest BCUT2D eigenvalue weighted by atomic mass is 10.1. The number of carbonyl (C=O) groups excluding carboxylic acids is 1. The molecule has 1 saturated heterocycles. The van der Waals surface area contributed by atoms with E-state index in [0.29, 0.717) is 6.42 Å². The highest BCUT2D eigenvalue weighted by atomic mass is 32.2. The maximum absolute atomic E-state index is 12.1. The predicted molar refractivity (Wildman–Crippen MR) is 78.6 cm³/mol. The van der Waals surface area contributed by atoms with E-state index in [-0.39, 0.29) is 35.0 Å². The molecule has 20 heavy (non-hydrogen) atoms. The zero-order valence-electron chi connectivity index (χ0n) is 12.0. The van der Waals surface area contributed by atoms with Crippen molar-refractivity contribution in [1.29, 1.82) is 0 Å². The fourth-order valence-electron chi connectivity index (χ4n) is 1.99. The van der Waals surface area contributed by atoms with Crippen molar-refractivity contribution in [2.45, 2.75) is 38.0 Å². The number of carbonyl (C=O) groups is 2. The van der Waals surface area contributed by atoms with Crippen LogP contribution in [0.15, 0.2) is 0 Å². The second kappa shape index (κ2) is 6.34. The second-order valence-corrected chi connectivity index (χ2v) is 9.40. The molecule has 6 nitrogen and oxygen atoms in total. The third-order valence-electron chi connectivity index (χ3n) is 3.04. The van der Waals surface area contributed by atoms with Gasteiger partial charge in [-0.1, -0.05) is 0 Å². The topological polar surface area (TPSA) is 91.8 Å². The molecule has 1 rings (SSSR count). The quantitative estimate of drug-likeness (QED) is 0.797. The molecule has 0 bridgehead atoms. The fourth-order valence-corrected chi connectivity index (χ4v) is 5.51. The number of carboxylic acids is 1. The van der Waals surface area contributed by atoms with Crippen molar-refractivity contribution < 1.29 is 23.1 Å². The van der Waals surface area contributed by atoms with Crippen LogP contribution in [0, 0.1) is 0 Å². The third kappa shape index (κ3) is 5.32. The second-order valence-electron chi connectivity index (χ2n) is 5.88. The molecule has 116 valence electrons. The number of amides is 1. The standard InChI is InChI=1S/C12H21NO5S2/c1-12(2,3)13(6-11(15)16)10(14)7-19-9-4-5-20(17,18)8-9/h9H,4-8H2,1-3H3,(H,15,16). The smallest absolute Gasteiger partial charge is 0.323 e. The van der Waals surface area contributed by atoms with Crippen LogP contribution in [0.5, 0.6) is 0 Å². The van der Waals surface area contributed by atoms with Crippen molar-refractivity contribution in [1.82, 2.24) is 4.90 Å². The Morgan fingerprint density at radius 1 is 1.35 bits per heavy atom. The average Bonchev–Trinajstić information content (AvgIpc) is 2.61. The lowest BCUT2D eigenvalue weighted by Gasteiger charge is -2.34. The molecular weight excluding hydrogens is 302 g/mol. The molecule has 8 heteroatoms. The molecule has 1 aliphatic rings. The molecule has 0 aromatic carbocycles. The molecule has 1 amide bonds. The molecular formula is C12H21NO5S2. The van der Waals surface area contributed by atoms with Crippen molar-refractivity contribution in [3.63, 3.8) is 0 Å². The van der Waals surface area contributed by atoms with Gasteiger partial charge in [0.15, 0.2) is 9.84 Å². The number of rotatable bonds is 5. The van der Waals surface area contributed by atoms with Crippen molar-refractivity contribution in [3.8, 4) is 0 Å². The van der Waals surface area contributed by atoms with Gasteiger partial charge in [-0.05, 0) is 27.2 Å². The van der Waals surface area contributed by atoms with E-state index in [9.17, 15) is 18.0 Å². The normalized spacial score (nSPS) is 21.6. The molecule has 0 saturated carbocycles. The first-order chi connectivity index (χ1) is 9.01. The molecule has 1 atom stereocenters. The number of nitrogens with zero attached hydrogens (tertiary/aromatic N) is 1. The van der Waals surface area contributed by atoms with Crippen LogP contribution in [0.1, 0.15) is 27.2 Å². The van der Waals surface area contributed by atoms with Gasteiger partial charge in [-0.25, -0.2) is 8.42 Å². The van der Waals surface area contributed by atoms with Crippen LogP contribution in [0.3, 0.4) is 0 Å². The van der Waals surface area contributed by atoms with E-state index in [1.54, 1.807) is 20.8 Å². The van der Waals surface area contributed by atoms with Gasteiger partial charge in [-0.3, -0.25) is 9.59 Å². The van der Waals surface area contributed by atoms with Gasteiger partial charge in [0.1, 0.15) is 6.54 Å². The third-order valence-corrected chi connectivity index (χ3v) is 6.30. The minimum Gasteiger partial charge on any atom is -0.480 e. The minimum absolute atomic E-state index is 0.0596. The number of thioether (sulfide) groups is 1. The highest BCUT2D eigenvalue weighted by Gasteiger charge is 2.31. The van der Waals surface area contributed by atoms with Crippen molar-refractivity contribution in [2.75, 3.05) is 23.8 Å². The summed E-state index contributed by atoms with van der Waals surface area (Å²) in [6, 6.07) is 0. The van der Waals surface area contributed by atoms with Gasteiger partial charge in [0.2, 0.25) is 5.91 Å². The Hall–Kier alpha value is -0.760. The summed E-state index contributed by atoms with van der Waals surface area (Å²) in [4.78, 5) is 24.3. The van der Waals surface area contributed by atoms with Gasteiger partial charge in [0.25, 0.3) is 0 Å². The Morgan fingerprint density at radius 2 is 1.95 bits per heavy atom. The summed E-state index contributed by atoms with van der Waals surface area (Å²) in [6.07, 6.45) is 0.564. The van der Waals surface area contributed by atoms with Gasteiger partial charge in [0, 0.05) is 10.8 Å². The van der Waals surface area contributed by atoms with E-state index < -0.39 is 21.3 Å². The highest BCUT2D eigenvalue weighted by molar-refractivity contribution is 8.02.